The van der Waals surface area contributed by atoms with E-state index in [2.05, 4.69) is 0 Å². The summed E-state index contributed by atoms with van der Waals surface area (Å²) in [5.41, 5.74) is 0.619. The molecule has 134 valence electrons. The molecule has 1 aliphatic heterocycles. The van der Waals surface area contributed by atoms with E-state index in [0.717, 1.165) is 11.1 Å². The van der Waals surface area contributed by atoms with Gasteiger partial charge in [0.25, 0.3) is 0 Å². The van der Waals surface area contributed by atoms with Crippen molar-refractivity contribution in [3.8, 4) is 0 Å². The second-order valence-corrected chi connectivity index (χ2v) is 6.26. The number of nitrogens with zero attached hydrogens (tertiary/aromatic N) is 1. The van der Waals surface area contributed by atoms with Gasteiger partial charge in [0.2, 0.25) is 0 Å². The van der Waals surface area contributed by atoms with Gasteiger partial charge in [-0.25, -0.2) is 9.59 Å². The molecule has 0 spiro atoms. The molecule has 1 heterocycles. The van der Waals surface area contributed by atoms with E-state index in [1.165, 1.54) is 4.90 Å². The normalized spacial score (nSPS) is 18.6. The molecule has 0 N–H and O–H groups in total. The van der Waals surface area contributed by atoms with Crippen LogP contribution in [0.25, 0.3) is 0 Å². The Hall–Kier alpha value is -3.08. The van der Waals surface area contributed by atoms with Gasteiger partial charge in [-0.1, -0.05) is 72.8 Å². The van der Waals surface area contributed by atoms with Gasteiger partial charge in [-0.3, -0.25) is 4.90 Å². The van der Waals surface area contributed by atoms with Crippen molar-refractivity contribution in [2.75, 3.05) is 6.54 Å². The van der Waals surface area contributed by atoms with E-state index in [-0.39, 0.29) is 13.2 Å². The Morgan fingerprint density at radius 3 is 2.04 bits per heavy atom. The van der Waals surface area contributed by atoms with Crippen molar-refractivity contribution in [3.63, 3.8) is 0 Å². The van der Waals surface area contributed by atoms with Gasteiger partial charge in [0.15, 0.2) is 5.54 Å². The standard InChI is InChI=1S/C21H21NO4/c1-21(19(23)25-15-17-9-4-2-5-10-17)13-8-14-22(21)20(24)26-16-18-11-6-3-7-12-18/h2-13H,14-16H2,1H3. The maximum atomic E-state index is 12.6. The Balaban J connectivity index is 1.60. The van der Waals surface area contributed by atoms with E-state index in [1.54, 1.807) is 19.1 Å². The van der Waals surface area contributed by atoms with Gasteiger partial charge in [-0.15, -0.1) is 0 Å². The number of amides is 1. The second-order valence-electron chi connectivity index (χ2n) is 6.26. The molecular weight excluding hydrogens is 330 g/mol. The van der Waals surface area contributed by atoms with Crippen LogP contribution in [0, 0.1) is 0 Å². The minimum Gasteiger partial charge on any atom is -0.459 e. The van der Waals surface area contributed by atoms with Crippen molar-refractivity contribution in [2.24, 2.45) is 0 Å². The van der Waals surface area contributed by atoms with Crippen LogP contribution >= 0.6 is 0 Å². The molecule has 0 aliphatic carbocycles. The molecule has 1 atom stereocenters. The van der Waals surface area contributed by atoms with Crippen molar-refractivity contribution in [2.45, 2.75) is 25.7 Å². The van der Waals surface area contributed by atoms with Crippen LogP contribution in [0.15, 0.2) is 72.8 Å². The highest BCUT2D eigenvalue weighted by Gasteiger charge is 2.44. The summed E-state index contributed by atoms with van der Waals surface area (Å²) in [4.78, 5) is 26.5. The molecule has 5 heteroatoms. The van der Waals surface area contributed by atoms with Gasteiger partial charge in [-0.05, 0) is 18.1 Å². The first-order valence-corrected chi connectivity index (χ1v) is 8.47. The molecule has 2 aromatic rings. The van der Waals surface area contributed by atoms with E-state index in [4.69, 9.17) is 9.47 Å². The number of rotatable bonds is 5. The predicted molar refractivity (Wildman–Crippen MR) is 97.1 cm³/mol. The van der Waals surface area contributed by atoms with Gasteiger partial charge in [0, 0.05) is 6.54 Å². The number of esters is 1. The molecule has 0 saturated carbocycles. The summed E-state index contributed by atoms with van der Waals surface area (Å²) < 4.78 is 10.8. The van der Waals surface area contributed by atoms with Crippen molar-refractivity contribution in [1.29, 1.82) is 0 Å². The molecule has 0 saturated heterocycles. The minimum absolute atomic E-state index is 0.158. The first kappa shape index (κ1) is 17.7. The minimum atomic E-state index is -1.16. The fraction of sp³-hybridized carbons (Fsp3) is 0.238. The quantitative estimate of drug-likeness (QED) is 0.609. The van der Waals surface area contributed by atoms with Crippen molar-refractivity contribution < 1.29 is 19.1 Å². The number of hydrogen-bond donors (Lipinski definition) is 0. The van der Waals surface area contributed by atoms with Gasteiger partial charge in [0.05, 0.1) is 0 Å². The monoisotopic (exact) mass is 351 g/mol. The molecule has 0 fully saturated rings. The summed E-state index contributed by atoms with van der Waals surface area (Å²) in [6, 6.07) is 18.8. The summed E-state index contributed by atoms with van der Waals surface area (Å²) in [7, 11) is 0. The van der Waals surface area contributed by atoms with Crippen LogP contribution in [-0.4, -0.2) is 29.0 Å². The maximum absolute atomic E-state index is 12.6. The SMILES string of the molecule is CC1(C(=O)OCc2ccccc2)C=CCN1C(=O)OCc1ccccc1. The summed E-state index contributed by atoms with van der Waals surface area (Å²) in [6.45, 7) is 2.29. The summed E-state index contributed by atoms with van der Waals surface area (Å²) >= 11 is 0. The lowest BCUT2D eigenvalue weighted by Gasteiger charge is -2.31. The molecule has 5 nitrogen and oxygen atoms in total. The molecule has 26 heavy (non-hydrogen) atoms. The van der Waals surface area contributed by atoms with E-state index in [9.17, 15) is 9.59 Å². The first-order chi connectivity index (χ1) is 12.6. The molecule has 3 rings (SSSR count). The Kier molecular flexibility index (Phi) is 5.37. The summed E-state index contributed by atoms with van der Waals surface area (Å²) in [6.07, 6.45) is 2.91. The Bertz CT molecular complexity index is 788. The van der Waals surface area contributed by atoms with Crippen LogP contribution in [0.4, 0.5) is 4.79 Å². The van der Waals surface area contributed by atoms with E-state index >= 15 is 0 Å². The molecule has 1 amide bonds. The highest BCUT2D eigenvalue weighted by molar-refractivity contribution is 5.88. The van der Waals surface area contributed by atoms with E-state index in [1.807, 2.05) is 60.7 Å². The number of carbonyl (C=O) groups is 2. The zero-order valence-electron chi connectivity index (χ0n) is 14.6. The second kappa shape index (κ2) is 7.87. The molecule has 0 aromatic heterocycles. The third-order valence-corrected chi connectivity index (χ3v) is 4.34. The van der Waals surface area contributed by atoms with E-state index in [0.29, 0.717) is 6.54 Å². The Morgan fingerprint density at radius 1 is 0.923 bits per heavy atom. The lowest BCUT2D eigenvalue weighted by Crippen LogP contribution is -2.51. The van der Waals surface area contributed by atoms with Crippen LogP contribution in [0.3, 0.4) is 0 Å². The zero-order chi connectivity index (χ0) is 18.4. The predicted octanol–water partition coefficient (Wildman–Crippen LogP) is 3.70. The van der Waals surface area contributed by atoms with Gasteiger partial charge in [0.1, 0.15) is 13.2 Å². The van der Waals surface area contributed by atoms with E-state index < -0.39 is 17.6 Å². The van der Waals surface area contributed by atoms with Gasteiger partial charge >= 0.3 is 12.1 Å². The highest BCUT2D eigenvalue weighted by Crippen LogP contribution is 2.26. The average Bonchev–Trinajstić information content (AvgIpc) is 3.09. The van der Waals surface area contributed by atoms with Crippen LogP contribution in [0.2, 0.25) is 0 Å². The topological polar surface area (TPSA) is 55.8 Å². The van der Waals surface area contributed by atoms with Crippen LogP contribution in [0.1, 0.15) is 18.1 Å². The largest absolute Gasteiger partial charge is 0.459 e. The highest BCUT2D eigenvalue weighted by atomic mass is 16.6. The Morgan fingerprint density at radius 2 is 1.46 bits per heavy atom. The average molecular weight is 351 g/mol. The first-order valence-electron chi connectivity index (χ1n) is 8.47. The lowest BCUT2D eigenvalue weighted by atomic mass is 10.0. The number of carbonyl (C=O) groups excluding carboxylic acids is 2. The fourth-order valence-corrected chi connectivity index (χ4v) is 2.78. The lowest BCUT2D eigenvalue weighted by molar-refractivity contribution is -0.154. The molecule has 2 aromatic carbocycles. The van der Waals surface area contributed by atoms with Crippen LogP contribution < -0.4 is 0 Å². The smallest absolute Gasteiger partial charge is 0.411 e. The third-order valence-electron chi connectivity index (χ3n) is 4.34. The molecule has 0 radical (unpaired) electrons. The summed E-state index contributed by atoms with van der Waals surface area (Å²) in [5, 5.41) is 0. The summed E-state index contributed by atoms with van der Waals surface area (Å²) in [5.74, 6) is -0.480. The number of ether oxygens (including phenoxy) is 2. The Labute approximate surface area is 152 Å². The van der Waals surface area contributed by atoms with Gasteiger partial charge < -0.3 is 9.47 Å². The van der Waals surface area contributed by atoms with Crippen molar-refractivity contribution in [3.05, 3.63) is 83.9 Å². The molecule has 1 aliphatic rings. The van der Waals surface area contributed by atoms with Gasteiger partial charge in [-0.2, -0.15) is 0 Å². The van der Waals surface area contributed by atoms with Crippen molar-refractivity contribution >= 4 is 12.1 Å². The fourth-order valence-electron chi connectivity index (χ4n) is 2.78. The zero-order valence-corrected chi connectivity index (χ0v) is 14.6. The number of benzene rings is 2. The van der Waals surface area contributed by atoms with Crippen LogP contribution in [0.5, 0.6) is 0 Å². The molecule has 1 unspecified atom stereocenters. The number of hydrogen-bond acceptors (Lipinski definition) is 4. The molecule has 0 bridgehead atoms. The van der Waals surface area contributed by atoms with Crippen LogP contribution in [-0.2, 0) is 27.5 Å². The molecular formula is C21H21NO4. The maximum Gasteiger partial charge on any atom is 0.411 e. The van der Waals surface area contributed by atoms with Crippen molar-refractivity contribution in [1.82, 2.24) is 4.90 Å². The third kappa shape index (κ3) is 3.94.